The van der Waals surface area contributed by atoms with Crippen LogP contribution >= 0.6 is 0 Å². The van der Waals surface area contributed by atoms with Crippen molar-refractivity contribution in [3.8, 4) is 0 Å². The van der Waals surface area contributed by atoms with E-state index in [-0.39, 0.29) is 11.4 Å². The zero-order valence-electron chi connectivity index (χ0n) is 10.5. The Morgan fingerprint density at radius 1 is 1.22 bits per heavy atom. The number of carbonyl (C=O) groups is 2. The predicted octanol–water partition coefficient (Wildman–Crippen LogP) is 3.08. The van der Waals surface area contributed by atoms with Crippen LogP contribution in [-0.4, -0.2) is 16.9 Å². The molecule has 3 nitrogen and oxygen atoms in total. The monoisotopic (exact) mass is 244 g/mol. The number of hydrogen-bond acceptors (Lipinski definition) is 2. The normalized spacial score (nSPS) is 12.3. The van der Waals surface area contributed by atoms with Crippen molar-refractivity contribution in [3.05, 3.63) is 53.1 Å². The van der Waals surface area contributed by atoms with Gasteiger partial charge in [-0.2, -0.15) is 0 Å². The van der Waals surface area contributed by atoms with E-state index >= 15 is 0 Å². The molecule has 0 aliphatic rings. The van der Waals surface area contributed by atoms with Gasteiger partial charge in [-0.1, -0.05) is 43.3 Å². The van der Waals surface area contributed by atoms with Crippen LogP contribution in [0.4, 0.5) is 0 Å². The maximum absolute atomic E-state index is 11.9. The van der Waals surface area contributed by atoms with Crippen LogP contribution in [0.2, 0.25) is 0 Å². The summed E-state index contributed by atoms with van der Waals surface area (Å²) >= 11 is 0. The molecule has 1 aromatic carbocycles. The molecule has 1 N–H and O–H groups in total. The fraction of sp³-hybridized carbons (Fsp3) is 0.200. The summed E-state index contributed by atoms with van der Waals surface area (Å²) in [4.78, 5) is 22.7. The third-order valence-corrected chi connectivity index (χ3v) is 2.65. The van der Waals surface area contributed by atoms with Crippen LogP contribution in [0.3, 0.4) is 0 Å². The molecule has 0 fully saturated rings. The number of hydrogen-bond donors (Lipinski definition) is 1. The van der Waals surface area contributed by atoms with Gasteiger partial charge in [0.1, 0.15) is 0 Å². The highest BCUT2D eigenvalue weighted by molar-refractivity contribution is 6.10. The summed E-state index contributed by atoms with van der Waals surface area (Å²) in [7, 11) is 0. The topological polar surface area (TPSA) is 54.4 Å². The summed E-state index contributed by atoms with van der Waals surface area (Å²) in [5, 5.41) is 8.88. The molecular formula is C15H16O3. The largest absolute Gasteiger partial charge is 0.478 e. The SMILES string of the molecule is CCC(C(=O)/C=C/c1ccccc1)=C(C)C(=O)O. The van der Waals surface area contributed by atoms with Gasteiger partial charge in [-0.15, -0.1) is 0 Å². The fourth-order valence-corrected chi connectivity index (χ4v) is 1.59. The third-order valence-electron chi connectivity index (χ3n) is 2.65. The summed E-state index contributed by atoms with van der Waals surface area (Å²) in [6.45, 7) is 3.23. The van der Waals surface area contributed by atoms with E-state index in [9.17, 15) is 9.59 Å². The van der Waals surface area contributed by atoms with E-state index in [0.29, 0.717) is 12.0 Å². The molecule has 0 heterocycles. The Hall–Kier alpha value is -2.16. The van der Waals surface area contributed by atoms with Gasteiger partial charge < -0.3 is 5.11 Å². The number of allylic oxidation sites excluding steroid dienone is 2. The molecule has 0 saturated carbocycles. The average molecular weight is 244 g/mol. The van der Waals surface area contributed by atoms with E-state index in [4.69, 9.17) is 5.11 Å². The smallest absolute Gasteiger partial charge is 0.331 e. The highest BCUT2D eigenvalue weighted by atomic mass is 16.4. The number of aliphatic carboxylic acids is 1. The molecular weight excluding hydrogens is 228 g/mol. The van der Waals surface area contributed by atoms with E-state index in [2.05, 4.69) is 0 Å². The van der Waals surface area contributed by atoms with Crippen LogP contribution in [-0.2, 0) is 9.59 Å². The molecule has 94 valence electrons. The molecule has 0 aliphatic carbocycles. The van der Waals surface area contributed by atoms with Crippen molar-refractivity contribution in [2.45, 2.75) is 20.3 Å². The van der Waals surface area contributed by atoms with Gasteiger partial charge in [0.25, 0.3) is 0 Å². The molecule has 0 spiro atoms. The Balaban J connectivity index is 2.91. The van der Waals surface area contributed by atoms with Crippen molar-refractivity contribution in [1.82, 2.24) is 0 Å². The molecule has 1 aromatic rings. The molecule has 0 saturated heterocycles. The molecule has 0 bridgehead atoms. The van der Waals surface area contributed by atoms with Crippen molar-refractivity contribution in [2.75, 3.05) is 0 Å². The molecule has 0 radical (unpaired) electrons. The van der Waals surface area contributed by atoms with E-state index in [1.54, 1.807) is 13.0 Å². The predicted molar refractivity (Wildman–Crippen MR) is 71.1 cm³/mol. The van der Waals surface area contributed by atoms with Gasteiger partial charge in [0.05, 0.1) is 0 Å². The molecule has 0 aromatic heterocycles. The van der Waals surface area contributed by atoms with Crippen LogP contribution in [0, 0.1) is 0 Å². The van der Waals surface area contributed by atoms with Crippen LogP contribution in [0.5, 0.6) is 0 Å². The van der Waals surface area contributed by atoms with Crippen molar-refractivity contribution in [2.24, 2.45) is 0 Å². The number of rotatable bonds is 5. The second-order valence-electron chi connectivity index (χ2n) is 3.87. The van der Waals surface area contributed by atoms with Crippen LogP contribution in [0.1, 0.15) is 25.8 Å². The second-order valence-corrected chi connectivity index (χ2v) is 3.87. The summed E-state index contributed by atoms with van der Waals surface area (Å²) < 4.78 is 0. The van der Waals surface area contributed by atoms with Gasteiger partial charge in [0, 0.05) is 11.1 Å². The Labute approximate surface area is 106 Å². The summed E-state index contributed by atoms with van der Waals surface area (Å²) in [6.07, 6.45) is 3.52. The van der Waals surface area contributed by atoms with E-state index in [0.717, 1.165) is 5.56 Å². The molecule has 0 unspecified atom stereocenters. The first kappa shape index (κ1) is 13.9. The summed E-state index contributed by atoms with van der Waals surface area (Å²) in [5.41, 5.74) is 1.36. The first-order valence-corrected chi connectivity index (χ1v) is 5.76. The standard InChI is InChI=1S/C15H16O3/c1-3-13(11(2)15(17)18)14(16)10-9-12-7-5-4-6-8-12/h4-10H,3H2,1-2H3,(H,17,18)/b10-9+,13-11?. The van der Waals surface area contributed by atoms with Gasteiger partial charge >= 0.3 is 5.97 Å². The molecule has 0 amide bonds. The summed E-state index contributed by atoms with van der Waals surface area (Å²) in [6, 6.07) is 9.41. The Bertz CT molecular complexity index is 496. The van der Waals surface area contributed by atoms with Crippen LogP contribution in [0.25, 0.3) is 6.08 Å². The molecule has 0 atom stereocenters. The highest BCUT2D eigenvalue weighted by Crippen LogP contribution is 2.12. The van der Waals surface area contributed by atoms with E-state index in [1.807, 2.05) is 30.3 Å². The lowest BCUT2D eigenvalue weighted by atomic mass is 10.0. The zero-order valence-corrected chi connectivity index (χ0v) is 10.5. The minimum Gasteiger partial charge on any atom is -0.478 e. The van der Waals surface area contributed by atoms with Gasteiger partial charge in [-0.05, 0) is 25.0 Å². The number of benzene rings is 1. The minimum absolute atomic E-state index is 0.111. The Morgan fingerprint density at radius 2 is 1.83 bits per heavy atom. The fourth-order valence-electron chi connectivity index (χ4n) is 1.59. The molecule has 1 rings (SSSR count). The first-order chi connectivity index (χ1) is 8.56. The molecule has 3 heteroatoms. The van der Waals surface area contributed by atoms with E-state index < -0.39 is 5.97 Å². The third kappa shape index (κ3) is 3.70. The summed E-state index contributed by atoms with van der Waals surface area (Å²) in [5.74, 6) is -1.30. The van der Waals surface area contributed by atoms with Crippen molar-refractivity contribution < 1.29 is 14.7 Å². The van der Waals surface area contributed by atoms with Crippen molar-refractivity contribution in [3.63, 3.8) is 0 Å². The second kappa shape index (κ2) is 6.55. The zero-order chi connectivity index (χ0) is 13.5. The van der Waals surface area contributed by atoms with Gasteiger partial charge in [0.15, 0.2) is 5.78 Å². The van der Waals surface area contributed by atoms with Gasteiger partial charge in [-0.3, -0.25) is 4.79 Å². The Morgan fingerprint density at radius 3 is 2.33 bits per heavy atom. The number of carboxylic acid groups (broad SMARTS) is 1. The highest BCUT2D eigenvalue weighted by Gasteiger charge is 2.12. The van der Waals surface area contributed by atoms with Gasteiger partial charge in [0.2, 0.25) is 0 Å². The van der Waals surface area contributed by atoms with Gasteiger partial charge in [-0.25, -0.2) is 4.79 Å². The molecule has 0 aliphatic heterocycles. The lowest BCUT2D eigenvalue weighted by molar-refractivity contribution is -0.133. The lowest BCUT2D eigenvalue weighted by Crippen LogP contribution is -2.07. The first-order valence-electron chi connectivity index (χ1n) is 5.76. The maximum atomic E-state index is 11.9. The Kier molecular flexibility index (Phi) is 5.06. The number of ketones is 1. The minimum atomic E-state index is -1.05. The van der Waals surface area contributed by atoms with Crippen LogP contribution < -0.4 is 0 Å². The number of carbonyl (C=O) groups excluding carboxylic acids is 1. The molecule has 18 heavy (non-hydrogen) atoms. The van der Waals surface area contributed by atoms with Crippen LogP contribution in [0.15, 0.2) is 47.6 Å². The van der Waals surface area contributed by atoms with E-state index in [1.165, 1.54) is 13.0 Å². The van der Waals surface area contributed by atoms with Crippen molar-refractivity contribution in [1.29, 1.82) is 0 Å². The maximum Gasteiger partial charge on any atom is 0.331 e. The lowest BCUT2D eigenvalue weighted by Gasteiger charge is -2.02. The quantitative estimate of drug-likeness (QED) is 0.810. The average Bonchev–Trinajstić information content (AvgIpc) is 2.38. The van der Waals surface area contributed by atoms with Crippen molar-refractivity contribution >= 4 is 17.8 Å². The number of carboxylic acids is 1.